The summed E-state index contributed by atoms with van der Waals surface area (Å²) in [7, 11) is 0. The van der Waals surface area contributed by atoms with Crippen LogP contribution in [0.4, 0.5) is 0 Å². The average molecular weight is 501 g/mol. The molecule has 2 aromatic rings. The summed E-state index contributed by atoms with van der Waals surface area (Å²) < 4.78 is 7.91. The molecule has 156 valence electrons. The molecule has 2 N–H and O–H groups in total. The molecule has 0 atom stereocenters. The number of aromatic nitrogens is 4. The first kappa shape index (κ1) is 22.6. The van der Waals surface area contributed by atoms with Gasteiger partial charge in [0, 0.05) is 32.5 Å². The topological polar surface area (TPSA) is 93.2 Å². The van der Waals surface area contributed by atoms with Gasteiger partial charge in [0.1, 0.15) is 24.0 Å². The van der Waals surface area contributed by atoms with E-state index in [1.54, 1.807) is 0 Å². The second-order valence-electron chi connectivity index (χ2n) is 6.97. The predicted molar refractivity (Wildman–Crippen MR) is 120 cm³/mol. The molecule has 0 saturated heterocycles. The molecule has 0 unspecified atom stereocenters. The molecule has 8 nitrogen and oxygen atoms in total. The lowest BCUT2D eigenvalue weighted by atomic mass is 10.2. The zero-order valence-electron chi connectivity index (χ0n) is 17.1. The third-order valence-electron chi connectivity index (χ3n) is 4.85. The van der Waals surface area contributed by atoms with E-state index in [0.717, 1.165) is 68.0 Å². The van der Waals surface area contributed by atoms with Crippen LogP contribution in [0.5, 0.6) is 0 Å². The Morgan fingerprint density at radius 2 is 2.04 bits per heavy atom. The Labute approximate surface area is 184 Å². The molecule has 0 fully saturated rings. The molecule has 0 aromatic carbocycles. The number of nitrogens with zero attached hydrogens (tertiary/aromatic N) is 5. The van der Waals surface area contributed by atoms with E-state index >= 15 is 0 Å². The monoisotopic (exact) mass is 501 g/mol. The van der Waals surface area contributed by atoms with E-state index in [0.29, 0.717) is 12.4 Å². The van der Waals surface area contributed by atoms with Gasteiger partial charge in [-0.05, 0) is 40.0 Å². The predicted octanol–water partition coefficient (Wildman–Crippen LogP) is 2.92. The van der Waals surface area contributed by atoms with Crippen LogP contribution < -0.4 is 10.6 Å². The Bertz CT molecular complexity index is 749. The van der Waals surface area contributed by atoms with Gasteiger partial charge < -0.3 is 19.6 Å². The molecule has 3 rings (SSSR count). The van der Waals surface area contributed by atoms with Gasteiger partial charge in [0.2, 0.25) is 5.89 Å². The first-order valence-electron chi connectivity index (χ1n) is 10.0. The van der Waals surface area contributed by atoms with E-state index in [9.17, 15) is 0 Å². The third kappa shape index (κ3) is 6.18. The van der Waals surface area contributed by atoms with Gasteiger partial charge in [-0.25, -0.2) is 9.98 Å². The Hall–Kier alpha value is -1.65. The van der Waals surface area contributed by atoms with Gasteiger partial charge >= 0.3 is 0 Å². The normalized spacial score (nSPS) is 14.2. The maximum absolute atomic E-state index is 5.59. The number of hydrogen-bond donors (Lipinski definition) is 2. The molecular formula is C19H32IN7O. The van der Waals surface area contributed by atoms with Gasteiger partial charge in [0.25, 0.3) is 0 Å². The summed E-state index contributed by atoms with van der Waals surface area (Å²) in [6, 6.07) is 0. The van der Waals surface area contributed by atoms with Crippen LogP contribution in [0.25, 0.3) is 0 Å². The van der Waals surface area contributed by atoms with Crippen LogP contribution >= 0.6 is 24.0 Å². The highest BCUT2D eigenvalue weighted by molar-refractivity contribution is 14.0. The number of fused-ring (bicyclic) bond motifs is 1. The fraction of sp³-hybridized carbons (Fsp3) is 0.684. The Morgan fingerprint density at radius 1 is 1.18 bits per heavy atom. The molecule has 0 amide bonds. The number of aryl methyl sites for hydroxylation is 4. The molecule has 0 aliphatic carbocycles. The molecule has 3 heterocycles. The van der Waals surface area contributed by atoms with Gasteiger partial charge in [-0.15, -0.1) is 34.2 Å². The summed E-state index contributed by atoms with van der Waals surface area (Å²) >= 11 is 0. The maximum Gasteiger partial charge on any atom is 0.216 e. The average Bonchev–Trinajstić information content (AvgIpc) is 3.09. The smallest absolute Gasteiger partial charge is 0.216 e. The number of halogens is 1. The van der Waals surface area contributed by atoms with Crippen molar-refractivity contribution in [1.82, 2.24) is 30.4 Å². The van der Waals surface area contributed by atoms with Crippen molar-refractivity contribution in [3.8, 4) is 0 Å². The SMILES string of the molecule is CCNC(=NCc1nc(C)c(C)o1)NCCCc1nnc2n1CCCCC2.I. The van der Waals surface area contributed by atoms with Crippen molar-refractivity contribution in [3.63, 3.8) is 0 Å². The van der Waals surface area contributed by atoms with Crippen LogP contribution in [0.1, 0.15) is 61.6 Å². The second-order valence-corrected chi connectivity index (χ2v) is 6.97. The van der Waals surface area contributed by atoms with E-state index in [1.807, 2.05) is 13.8 Å². The number of nitrogens with one attached hydrogen (secondary N) is 2. The van der Waals surface area contributed by atoms with Crippen LogP contribution in [0, 0.1) is 13.8 Å². The highest BCUT2D eigenvalue weighted by Gasteiger charge is 2.14. The third-order valence-corrected chi connectivity index (χ3v) is 4.85. The summed E-state index contributed by atoms with van der Waals surface area (Å²) in [6.45, 7) is 9.06. The Kier molecular flexibility index (Phi) is 9.20. The number of guanidine groups is 1. The quantitative estimate of drug-likeness (QED) is 0.262. The van der Waals surface area contributed by atoms with Gasteiger partial charge in [0.15, 0.2) is 5.96 Å². The number of oxazole rings is 1. The Balaban J connectivity index is 0.00000280. The maximum atomic E-state index is 5.59. The molecule has 2 aromatic heterocycles. The van der Waals surface area contributed by atoms with Gasteiger partial charge in [-0.1, -0.05) is 6.42 Å². The zero-order valence-corrected chi connectivity index (χ0v) is 19.5. The van der Waals surface area contributed by atoms with Gasteiger partial charge in [0.05, 0.1) is 5.69 Å². The molecular weight excluding hydrogens is 469 g/mol. The number of rotatable bonds is 7. The van der Waals surface area contributed by atoms with Crippen molar-refractivity contribution in [2.24, 2.45) is 4.99 Å². The van der Waals surface area contributed by atoms with Crippen LogP contribution in [0.3, 0.4) is 0 Å². The molecule has 0 saturated carbocycles. The van der Waals surface area contributed by atoms with E-state index in [4.69, 9.17) is 4.42 Å². The molecule has 1 aliphatic heterocycles. The van der Waals surface area contributed by atoms with E-state index in [-0.39, 0.29) is 24.0 Å². The second kappa shape index (κ2) is 11.4. The van der Waals surface area contributed by atoms with E-state index < -0.39 is 0 Å². The highest BCUT2D eigenvalue weighted by atomic mass is 127. The summed E-state index contributed by atoms with van der Waals surface area (Å²) in [5.74, 6) is 4.55. The largest absolute Gasteiger partial charge is 0.444 e. The summed E-state index contributed by atoms with van der Waals surface area (Å²) in [4.78, 5) is 8.93. The van der Waals surface area contributed by atoms with E-state index in [1.165, 1.54) is 19.3 Å². The fourth-order valence-electron chi connectivity index (χ4n) is 3.28. The molecule has 0 radical (unpaired) electrons. The van der Waals surface area contributed by atoms with Crippen LogP contribution in [-0.2, 0) is 25.9 Å². The van der Waals surface area contributed by atoms with Crippen molar-refractivity contribution < 1.29 is 4.42 Å². The van der Waals surface area contributed by atoms with Crippen molar-refractivity contribution in [1.29, 1.82) is 0 Å². The van der Waals surface area contributed by atoms with Gasteiger partial charge in [-0.3, -0.25) is 0 Å². The van der Waals surface area contributed by atoms with Crippen molar-refractivity contribution in [2.45, 2.75) is 72.4 Å². The first-order valence-corrected chi connectivity index (χ1v) is 10.0. The van der Waals surface area contributed by atoms with Crippen LogP contribution in [-0.4, -0.2) is 38.8 Å². The minimum atomic E-state index is 0. The highest BCUT2D eigenvalue weighted by Crippen LogP contribution is 2.15. The van der Waals surface area contributed by atoms with Crippen LogP contribution in [0.15, 0.2) is 9.41 Å². The van der Waals surface area contributed by atoms with Crippen molar-refractivity contribution in [3.05, 3.63) is 29.0 Å². The van der Waals surface area contributed by atoms with Crippen molar-refractivity contribution in [2.75, 3.05) is 13.1 Å². The lowest BCUT2D eigenvalue weighted by Crippen LogP contribution is -2.37. The molecule has 0 spiro atoms. The first-order chi connectivity index (χ1) is 13.2. The molecule has 1 aliphatic rings. The number of hydrogen-bond acceptors (Lipinski definition) is 5. The zero-order chi connectivity index (χ0) is 19.1. The van der Waals surface area contributed by atoms with E-state index in [2.05, 4.69) is 42.3 Å². The Morgan fingerprint density at radius 3 is 2.79 bits per heavy atom. The van der Waals surface area contributed by atoms with Gasteiger partial charge in [-0.2, -0.15) is 0 Å². The molecule has 28 heavy (non-hydrogen) atoms. The minimum Gasteiger partial charge on any atom is -0.444 e. The number of aliphatic imine (C=N–C) groups is 1. The minimum absolute atomic E-state index is 0. The van der Waals surface area contributed by atoms with Crippen molar-refractivity contribution >= 4 is 29.9 Å². The molecule has 9 heteroatoms. The summed E-state index contributed by atoms with van der Waals surface area (Å²) in [5, 5.41) is 15.4. The standard InChI is InChI=1S/C19H31N7O.HI/c1-4-20-19(22-13-18-23-14(2)15(3)27-18)21-11-8-10-17-25-24-16-9-6-5-7-12-26(16)17;/h4-13H2,1-3H3,(H2,20,21,22);1H. The summed E-state index contributed by atoms with van der Waals surface area (Å²) in [5.41, 5.74) is 0.922. The fourth-order valence-corrected chi connectivity index (χ4v) is 3.28. The van der Waals surface area contributed by atoms with Crippen LogP contribution in [0.2, 0.25) is 0 Å². The molecule has 0 bridgehead atoms. The lowest BCUT2D eigenvalue weighted by molar-refractivity contribution is 0.472. The lowest BCUT2D eigenvalue weighted by Gasteiger charge is -2.11. The summed E-state index contributed by atoms with van der Waals surface area (Å²) in [6.07, 6.45) is 6.72.